The molecule has 1 heterocycles. The monoisotopic (exact) mass is 365 g/mol. The highest BCUT2D eigenvalue weighted by molar-refractivity contribution is 5.94. The average molecular weight is 366 g/mol. The second kappa shape index (κ2) is 8.47. The third-order valence-electron chi connectivity index (χ3n) is 5.48. The largest absolute Gasteiger partial charge is 0.372 e. The van der Waals surface area contributed by atoms with Gasteiger partial charge in [0, 0.05) is 56.2 Å². The number of rotatable bonds is 5. The van der Waals surface area contributed by atoms with Crippen molar-refractivity contribution in [3.63, 3.8) is 0 Å². The number of benzene rings is 2. The van der Waals surface area contributed by atoms with E-state index in [-0.39, 0.29) is 5.91 Å². The van der Waals surface area contributed by atoms with E-state index < -0.39 is 0 Å². The first-order valence-electron chi connectivity index (χ1n) is 10.00. The predicted octanol–water partition coefficient (Wildman–Crippen LogP) is 4.11. The Morgan fingerprint density at radius 2 is 1.67 bits per heavy atom. The lowest BCUT2D eigenvalue weighted by Crippen LogP contribution is -2.49. The summed E-state index contributed by atoms with van der Waals surface area (Å²) in [5.41, 5.74) is 5.80. The quantitative estimate of drug-likeness (QED) is 0.798. The van der Waals surface area contributed by atoms with Crippen LogP contribution in [0.2, 0.25) is 0 Å². The first-order valence-corrected chi connectivity index (χ1v) is 10.00. The number of hydrogen-bond donors (Lipinski definition) is 0. The molecule has 144 valence electrons. The zero-order valence-electron chi connectivity index (χ0n) is 17.0. The van der Waals surface area contributed by atoms with Gasteiger partial charge in [0.25, 0.3) is 5.91 Å². The van der Waals surface area contributed by atoms with Crippen molar-refractivity contribution < 1.29 is 4.79 Å². The van der Waals surface area contributed by atoms with Crippen molar-refractivity contribution in [2.24, 2.45) is 0 Å². The van der Waals surface area contributed by atoms with Crippen LogP contribution in [0.5, 0.6) is 0 Å². The smallest absolute Gasteiger partial charge is 0.253 e. The predicted molar refractivity (Wildman–Crippen MR) is 114 cm³/mol. The van der Waals surface area contributed by atoms with Gasteiger partial charge in [-0.1, -0.05) is 17.7 Å². The zero-order valence-corrected chi connectivity index (χ0v) is 17.0. The molecule has 0 saturated carbocycles. The van der Waals surface area contributed by atoms with E-state index in [1.54, 1.807) is 0 Å². The third-order valence-corrected chi connectivity index (χ3v) is 5.48. The minimum absolute atomic E-state index is 0.145. The van der Waals surface area contributed by atoms with Crippen LogP contribution in [-0.2, 0) is 0 Å². The van der Waals surface area contributed by atoms with Gasteiger partial charge in [0.05, 0.1) is 0 Å². The Balaban J connectivity index is 1.66. The summed E-state index contributed by atoms with van der Waals surface area (Å²) in [6.07, 6.45) is 0. The van der Waals surface area contributed by atoms with Crippen molar-refractivity contribution in [3.8, 4) is 0 Å². The summed E-state index contributed by atoms with van der Waals surface area (Å²) in [5, 5.41) is 0. The molecule has 4 nitrogen and oxygen atoms in total. The molecule has 3 rings (SSSR count). The number of anilines is 2. The van der Waals surface area contributed by atoms with Gasteiger partial charge in [-0.3, -0.25) is 4.79 Å². The van der Waals surface area contributed by atoms with Crippen molar-refractivity contribution >= 4 is 17.3 Å². The molecule has 0 N–H and O–H groups in total. The number of nitrogens with zero attached hydrogens (tertiary/aromatic N) is 3. The minimum Gasteiger partial charge on any atom is -0.372 e. The minimum atomic E-state index is 0.145. The number of carbonyl (C=O) groups excluding carboxylic acids is 1. The highest BCUT2D eigenvalue weighted by Gasteiger charge is 2.23. The Morgan fingerprint density at radius 1 is 0.963 bits per heavy atom. The molecule has 0 atom stereocenters. The summed E-state index contributed by atoms with van der Waals surface area (Å²) in [5.74, 6) is 0.145. The fourth-order valence-corrected chi connectivity index (χ4v) is 3.89. The van der Waals surface area contributed by atoms with Gasteiger partial charge >= 0.3 is 0 Å². The summed E-state index contributed by atoms with van der Waals surface area (Å²) >= 11 is 0. The van der Waals surface area contributed by atoms with Gasteiger partial charge in [-0.2, -0.15) is 0 Å². The van der Waals surface area contributed by atoms with Gasteiger partial charge in [-0.15, -0.1) is 0 Å². The first-order chi connectivity index (χ1) is 13.0. The average Bonchev–Trinajstić information content (AvgIpc) is 2.69. The van der Waals surface area contributed by atoms with Crippen LogP contribution in [0.3, 0.4) is 0 Å². The van der Waals surface area contributed by atoms with Gasteiger partial charge in [0.1, 0.15) is 0 Å². The third kappa shape index (κ3) is 4.26. The number of amides is 1. The van der Waals surface area contributed by atoms with Crippen molar-refractivity contribution in [1.29, 1.82) is 0 Å². The van der Waals surface area contributed by atoms with Crippen LogP contribution >= 0.6 is 0 Å². The van der Waals surface area contributed by atoms with E-state index in [1.165, 1.54) is 16.9 Å². The Labute approximate surface area is 163 Å². The maximum Gasteiger partial charge on any atom is 0.253 e. The van der Waals surface area contributed by atoms with Gasteiger partial charge in [0.2, 0.25) is 0 Å². The van der Waals surface area contributed by atoms with E-state index in [0.717, 1.165) is 50.4 Å². The first kappa shape index (κ1) is 19.3. The normalized spacial score (nSPS) is 14.4. The van der Waals surface area contributed by atoms with Crippen LogP contribution in [-0.4, -0.2) is 50.1 Å². The van der Waals surface area contributed by atoms with E-state index in [4.69, 9.17) is 0 Å². The summed E-state index contributed by atoms with van der Waals surface area (Å²) in [7, 11) is 0. The van der Waals surface area contributed by atoms with Gasteiger partial charge in [-0.05, 0) is 63.6 Å². The Hall–Kier alpha value is -2.49. The van der Waals surface area contributed by atoms with E-state index >= 15 is 0 Å². The molecule has 1 aliphatic heterocycles. The Morgan fingerprint density at radius 3 is 2.26 bits per heavy atom. The van der Waals surface area contributed by atoms with Crippen LogP contribution < -0.4 is 9.80 Å². The lowest BCUT2D eigenvalue weighted by molar-refractivity contribution is 0.0746. The number of piperazine rings is 1. The molecule has 1 saturated heterocycles. The van der Waals surface area contributed by atoms with E-state index in [9.17, 15) is 4.79 Å². The van der Waals surface area contributed by atoms with E-state index in [0.29, 0.717) is 0 Å². The van der Waals surface area contributed by atoms with E-state index in [1.807, 2.05) is 36.1 Å². The molecule has 0 bridgehead atoms. The summed E-state index contributed by atoms with van der Waals surface area (Å²) in [6.45, 7) is 13.9. The summed E-state index contributed by atoms with van der Waals surface area (Å²) in [6, 6.07) is 14.6. The highest BCUT2D eigenvalue weighted by Crippen LogP contribution is 2.27. The van der Waals surface area contributed by atoms with Crippen LogP contribution in [0.1, 0.15) is 35.3 Å². The van der Waals surface area contributed by atoms with Crippen LogP contribution in [0.4, 0.5) is 11.4 Å². The fraction of sp³-hybridized carbons (Fsp3) is 0.435. The fourth-order valence-electron chi connectivity index (χ4n) is 3.89. The molecule has 4 heteroatoms. The van der Waals surface area contributed by atoms with Crippen molar-refractivity contribution in [2.45, 2.75) is 27.7 Å². The van der Waals surface area contributed by atoms with Crippen molar-refractivity contribution in [2.75, 3.05) is 49.1 Å². The van der Waals surface area contributed by atoms with Crippen LogP contribution in [0, 0.1) is 13.8 Å². The molecule has 0 spiro atoms. The number of aryl methyl sites for hydroxylation is 2. The molecular formula is C23H31N3O. The molecule has 0 radical (unpaired) electrons. The maximum atomic E-state index is 12.7. The standard InChI is InChI=1S/C23H31N3O/c1-5-24(6-2)21-10-11-22(19(4)17-21)25-12-14-26(15-13-25)23(27)20-9-7-8-18(3)16-20/h7-11,16-17H,5-6,12-15H2,1-4H3. The maximum absolute atomic E-state index is 12.7. The molecule has 0 aromatic heterocycles. The second-order valence-electron chi connectivity index (χ2n) is 7.29. The Bertz CT molecular complexity index is 790. The van der Waals surface area contributed by atoms with Gasteiger partial charge < -0.3 is 14.7 Å². The second-order valence-corrected chi connectivity index (χ2v) is 7.29. The number of carbonyl (C=O) groups is 1. The zero-order chi connectivity index (χ0) is 19.4. The molecule has 2 aromatic rings. The van der Waals surface area contributed by atoms with Crippen LogP contribution in [0.25, 0.3) is 0 Å². The molecule has 1 aliphatic rings. The highest BCUT2D eigenvalue weighted by atomic mass is 16.2. The lowest BCUT2D eigenvalue weighted by Gasteiger charge is -2.37. The topological polar surface area (TPSA) is 26.8 Å². The number of hydrogen-bond acceptors (Lipinski definition) is 3. The lowest BCUT2D eigenvalue weighted by atomic mass is 10.1. The Kier molecular flexibility index (Phi) is 6.04. The molecule has 1 fully saturated rings. The van der Waals surface area contributed by atoms with Crippen molar-refractivity contribution in [1.82, 2.24) is 4.90 Å². The van der Waals surface area contributed by atoms with Gasteiger partial charge in [0.15, 0.2) is 0 Å². The summed E-state index contributed by atoms with van der Waals surface area (Å²) in [4.78, 5) is 19.5. The molecule has 27 heavy (non-hydrogen) atoms. The van der Waals surface area contributed by atoms with Gasteiger partial charge in [-0.25, -0.2) is 0 Å². The molecule has 1 amide bonds. The SMILES string of the molecule is CCN(CC)c1ccc(N2CCN(C(=O)c3cccc(C)c3)CC2)c(C)c1. The molecule has 2 aromatic carbocycles. The van der Waals surface area contributed by atoms with Crippen molar-refractivity contribution in [3.05, 3.63) is 59.2 Å². The van der Waals surface area contributed by atoms with Crippen LogP contribution in [0.15, 0.2) is 42.5 Å². The molecule has 0 aliphatic carbocycles. The molecular weight excluding hydrogens is 334 g/mol. The summed E-state index contributed by atoms with van der Waals surface area (Å²) < 4.78 is 0. The molecule has 0 unspecified atom stereocenters. The van der Waals surface area contributed by atoms with E-state index in [2.05, 4.69) is 48.8 Å².